The van der Waals surface area contributed by atoms with Crippen molar-refractivity contribution in [2.75, 3.05) is 13.2 Å². The molecule has 1 atom stereocenters. The number of benzene rings is 1. The molecule has 1 unspecified atom stereocenters. The number of hydrogen-bond donors (Lipinski definition) is 1. The summed E-state index contributed by atoms with van der Waals surface area (Å²) in [4.78, 5) is 10.9. The molecule has 0 bridgehead atoms. The lowest BCUT2D eigenvalue weighted by molar-refractivity contribution is -0.133. The Labute approximate surface area is 108 Å². The largest absolute Gasteiger partial charge is 0.362 e. The first-order valence-electron chi connectivity index (χ1n) is 4.60. The smallest absolute Gasteiger partial charge is 0.246 e. The number of carbonyl (C=O) groups is 1. The van der Waals surface area contributed by atoms with Crippen LogP contribution in [0.4, 0.5) is 0 Å². The van der Waals surface area contributed by atoms with Crippen LogP contribution in [0.15, 0.2) is 12.1 Å². The zero-order valence-electron chi connectivity index (χ0n) is 8.10. The molecule has 1 aromatic carbocycles. The minimum Gasteiger partial charge on any atom is -0.362 e. The second-order valence-corrected chi connectivity index (χ2v) is 4.61. The fourth-order valence-electron chi connectivity index (χ4n) is 1.48. The van der Waals surface area contributed by atoms with Crippen LogP contribution in [0.5, 0.6) is 0 Å². The van der Waals surface area contributed by atoms with Gasteiger partial charge in [-0.05, 0) is 12.1 Å². The number of morpholine rings is 1. The number of carbonyl (C=O) groups excluding carboxylic acids is 1. The highest BCUT2D eigenvalue weighted by Gasteiger charge is 2.23. The van der Waals surface area contributed by atoms with Gasteiger partial charge in [0.05, 0.1) is 10.0 Å². The van der Waals surface area contributed by atoms with Crippen LogP contribution in [-0.4, -0.2) is 19.1 Å². The van der Waals surface area contributed by atoms with Crippen molar-refractivity contribution in [3.63, 3.8) is 0 Å². The van der Waals surface area contributed by atoms with E-state index in [1.807, 2.05) is 0 Å². The third-order valence-electron chi connectivity index (χ3n) is 2.29. The minimum atomic E-state index is -0.278. The summed E-state index contributed by atoms with van der Waals surface area (Å²) in [6.07, 6.45) is -0.278. The summed E-state index contributed by atoms with van der Waals surface area (Å²) < 4.78 is 5.35. The molecule has 1 aliphatic rings. The monoisotopic (exact) mass is 279 g/mol. The number of halogens is 3. The SMILES string of the molecule is O=C1COC(c2cc(Cl)c(Cl)cc2Cl)CN1. The van der Waals surface area contributed by atoms with Crippen LogP contribution in [0.3, 0.4) is 0 Å². The molecule has 0 spiro atoms. The summed E-state index contributed by atoms with van der Waals surface area (Å²) in [5.74, 6) is -0.132. The Balaban J connectivity index is 2.26. The lowest BCUT2D eigenvalue weighted by Gasteiger charge is -2.24. The average Bonchev–Trinajstić information content (AvgIpc) is 2.25. The van der Waals surface area contributed by atoms with Gasteiger partial charge < -0.3 is 10.1 Å². The van der Waals surface area contributed by atoms with Crippen LogP contribution < -0.4 is 5.32 Å². The third kappa shape index (κ3) is 2.43. The molecule has 3 nitrogen and oxygen atoms in total. The molecule has 86 valence electrons. The maximum Gasteiger partial charge on any atom is 0.246 e. The van der Waals surface area contributed by atoms with E-state index < -0.39 is 0 Å². The molecule has 2 rings (SSSR count). The van der Waals surface area contributed by atoms with Crippen molar-refractivity contribution in [1.82, 2.24) is 5.32 Å². The number of hydrogen-bond acceptors (Lipinski definition) is 2. The van der Waals surface area contributed by atoms with Crippen LogP contribution in [-0.2, 0) is 9.53 Å². The highest BCUT2D eigenvalue weighted by atomic mass is 35.5. The highest BCUT2D eigenvalue weighted by molar-refractivity contribution is 6.43. The van der Waals surface area contributed by atoms with Crippen molar-refractivity contribution in [1.29, 1.82) is 0 Å². The summed E-state index contributed by atoms with van der Waals surface area (Å²) in [7, 11) is 0. The van der Waals surface area contributed by atoms with Gasteiger partial charge in [-0.15, -0.1) is 0 Å². The fourth-order valence-corrected chi connectivity index (χ4v) is 2.15. The number of ether oxygens (including phenoxy) is 1. The fraction of sp³-hybridized carbons (Fsp3) is 0.300. The Morgan fingerprint density at radius 1 is 1.19 bits per heavy atom. The quantitative estimate of drug-likeness (QED) is 0.803. The molecule has 16 heavy (non-hydrogen) atoms. The average molecular weight is 281 g/mol. The van der Waals surface area contributed by atoms with Gasteiger partial charge in [-0.2, -0.15) is 0 Å². The van der Waals surface area contributed by atoms with Crippen molar-refractivity contribution in [2.24, 2.45) is 0 Å². The molecule has 0 aromatic heterocycles. The van der Waals surface area contributed by atoms with E-state index in [0.29, 0.717) is 21.6 Å². The summed E-state index contributed by atoms with van der Waals surface area (Å²) in [5.41, 5.74) is 0.732. The van der Waals surface area contributed by atoms with Gasteiger partial charge in [0.1, 0.15) is 12.7 Å². The first-order chi connectivity index (χ1) is 7.58. The summed E-state index contributed by atoms with van der Waals surface area (Å²) >= 11 is 17.8. The predicted molar refractivity (Wildman–Crippen MR) is 63.2 cm³/mol. The second kappa shape index (κ2) is 4.80. The first kappa shape index (κ1) is 12.0. The van der Waals surface area contributed by atoms with Gasteiger partial charge >= 0.3 is 0 Å². The molecule has 0 saturated carbocycles. The Hall–Kier alpha value is -0.480. The summed E-state index contributed by atoms with van der Waals surface area (Å²) in [6, 6.07) is 3.23. The molecule has 1 saturated heterocycles. The molecule has 0 radical (unpaired) electrons. The van der Waals surface area contributed by atoms with E-state index in [4.69, 9.17) is 39.5 Å². The number of amides is 1. The van der Waals surface area contributed by atoms with Crippen molar-refractivity contribution in [3.05, 3.63) is 32.8 Å². The van der Waals surface area contributed by atoms with Gasteiger partial charge in [0.15, 0.2) is 0 Å². The molecule has 1 aromatic rings. The van der Waals surface area contributed by atoms with Crippen LogP contribution in [0.1, 0.15) is 11.7 Å². The van der Waals surface area contributed by atoms with Gasteiger partial charge in [-0.25, -0.2) is 0 Å². The van der Waals surface area contributed by atoms with Gasteiger partial charge in [0.2, 0.25) is 5.91 Å². The second-order valence-electron chi connectivity index (χ2n) is 3.39. The standard InChI is InChI=1S/C10H8Cl3NO2/c11-6-2-8(13)7(12)1-5(6)9-3-14-10(15)4-16-9/h1-2,9H,3-4H2,(H,14,15). The van der Waals surface area contributed by atoms with Gasteiger partial charge in [0.25, 0.3) is 0 Å². The van der Waals surface area contributed by atoms with Gasteiger partial charge in [-0.3, -0.25) is 4.79 Å². The van der Waals surface area contributed by atoms with Crippen LogP contribution in [0.2, 0.25) is 15.1 Å². The van der Waals surface area contributed by atoms with Crippen molar-refractivity contribution >= 4 is 40.7 Å². The lowest BCUT2D eigenvalue weighted by atomic mass is 10.1. The van der Waals surface area contributed by atoms with Crippen LogP contribution in [0, 0.1) is 0 Å². The Morgan fingerprint density at radius 2 is 1.88 bits per heavy atom. The Morgan fingerprint density at radius 3 is 2.50 bits per heavy atom. The van der Waals surface area contributed by atoms with Gasteiger partial charge in [0, 0.05) is 17.1 Å². The van der Waals surface area contributed by atoms with E-state index in [1.165, 1.54) is 0 Å². The highest BCUT2D eigenvalue weighted by Crippen LogP contribution is 2.33. The number of nitrogens with one attached hydrogen (secondary N) is 1. The summed E-state index contributed by atoms with van der Waals surface area (Å²) in [6.45, 7) is 0.414. The molecule has 0 aliphatic carbocycles. The third-order valence-corrected chi connectivity index (χ3v) is 3.34. The summed E-state index contributed by atoms with van der Waals surface area (Å²) in [5, 5.41) is 3.99. The Kier molecular flexibility index (Phi) is 3.60. The van der Waals surface area contributed by atoms with E-state index in [9.17, 15) is 4.79 Å². The van der Waals surface area contributed by atoms with Crippen molar-refractivity contribution in [3.8, 4) is 0 Å². The zero-order valence-corrected chi connectivity index (χ0v) is 10.4. The predicted octanol–water partition coefficient (Wildman–Crippen LogP) is 2.83. The zero-order chi connectivity index (χ0) is 11.7. The van der Waals surface area contributed by atoms with Crippen molar-refractivity contribution < 1.29 is 9.53 Å². The van der Waals surface area contributed by atoms with E-state index in [2.05, 4.69) is 5.32 Å². The molecule has 1 aliphatic heterocycles. The molecule has 1 amide bonds. The van der Waals surface area contributed by atoms with E-state index >= 15 is 0 Å². The topological polar surface area (TPSA) is 38.3 Å². The van der Waals surface area contributed by atoms with Gasteiger partial charge in [-0.1, -0.05) is 34.8 Å². The molecular weight excluding hydrogens is 272 g/mol. The molecular formula is C10H8Cl3NO2. The van der Waals surface area contributed by atoms with Crippen LogP contribution >= 0.6 is 34.8 Å². The number of rotatable bonds is 1. The van der Waals surface area contributed by atoms with E-state index in [-0.39, 0.29) is 18.6 Å². The Bertz CT molecular complexity index is 426. The molecule has 1 N–H and O–H groups in total. The molecule has 6 heteroatoms. The van der Waals surface area contributed by atoms with Crippen LogP contribution in [0.25, 0.3) is 0 Å². The molecule has 1 fully saturated rings. The molecule has 1 heterocycles. The van der Waals surface area contributed by atoms with Crippen molar-refractivity contribution in [2.45, 2.75) is 6.10 Å². The maximum absolute atomic E-state index is 10.9. The van der Waals surface area contributed by atoms with E-state index in [0.717, 1.165) is 5.56 Å². The minimum absolute atomic E-state index is 0.0290. The maximum atomic E-state index is 10.9. The normalized spacial score (nSPS) is 20.7. The lowest BCUT2D eigenvalue weighted by Crippen LogP contribution is -2.38. The van der Waals surface area contributed by atoms with E-state index in [1.54, 1.807) is 12.1 Å². The first-order valence-corrected chi connectivity index (χ1v) is 5.74.